The van der Waals surface area contributed by atoms with E-state index in [4.69, 9.17) is 0 Å². The molecule has 0 aliphatic rings. The number of carboxylic acids is 1. The molecule has 1 N–H and O–H groups in total. The molecule has 0 saturated carbocycles. The highest BCUT2D eigenvalue weighted by Gasteiger charge is 2.19. The molecule has 0 radical (unpaired) electrons. The fraction of sp³-hybridized carbons (Fsp3) is 0.556. The molecular weight excluding hydrogens is 264 g/mol. The Morgan fingerprint density at radius 3 is 2.14 bits per heavy atom. The van der Waals surface area contributed by atoms with Crippen molar-refractivity contribution in [2.24, 2.45) is 0 Å². The summed E-state index contributed by atoms with van der Waals surface area (Å²) in [5, 5.41) is 9.36. The Balaban J connectivity index is 2.39. The third-order valence-corrected chi connectivity index (χ3v) is 3.87. The van der Waals surface area contributed by atoms with Gasteiger partial charge in [0.15, 0.2) is 0 Å². The van der Waals surface area contributed by atoms with Crippen molar-refractivity contribution in [3.63, 3.8) is 0 Å². The fourth-order valence-corrected chi connectivity index (χ4v) is 2.55. The zero-order valence-corrected chi connectivity index (χ0v) is 12.9. The van der Waals surface area contributed by atoms with Gasteiger partial charge >= 0.3 is 5.97 Å². The number of hydrogen-bond acceptors (Lipinski definition) is 2. The summed E-state index contributed by atoms with van der Waals surface area (Å²) in [5.41, 5.74) is 1.37. The lowest BCUT2D eigenvalue weighted by atomic mass is 9.92. The van der Waals surface area contributed by atoms with E-state index in [0.717, 1.165) is 24.7 Å². The van der Waals surface area contributed by atoms with E-state index in [0.29, 0.717) is 12.0 Å². The SMILES string of the molecule is CCCCCCCCCC(C(=O)O)c1ccc(C=O)cc1. The first-order chi connectivity index (χ1) is 10.2. The topological polar surface area (TPSA) is 54.4 Å². The molecule has 1 rings (SSSR count). The Hall–Kier alpha value is -1.64. The van der Waals surface area contributed by atoms with Crippen molar-refractivity contribution >= 4 is 12.3 Å². The van der Waals surface area contributed by atoms with Gasteiger partial charge in [-0.1, -0.05) is 76.1 Å². The van der Waals surface area contributed by atoms with Gasteiger partial charge in [0.1, 0.15) is 6.29 Å². The number of aldehydes is 1. The molecule has 116 valence electrons. The molecule has 21 heavy (non-hydrogen) atoms. The highest BCUT2D eigenvalue weighted by atomic mass is 16.4. The summed E-state index contributed by atoms with van der Waals surface area (Å²) in [6.45, 7) is 2.20. The van der Waals surface area contributed by atoms with Crippen molar-refractivity contribution in [2.45, 2.75) is 64.2 Å². The summed E-state index contributed by atoms with van der Waals surface area (Å²) < 4.78 is 0. The Morgan fingerprint density at radius 1 is 1.05 bits per heavy atom. The lowest BCUT2D eigenvalue weighted by Crippen LogP contribution is -2.11. The monoisotopic (exact) mass is 290 g/mol. The third kappa shape index (κ3) is 6.56. The molecule has 1 atom stereocenters. The standard InChI is InChI=1S/C18H26O3/c1-2-3-4-5-6-7-8-9-17(18(20)21)16-12-10-15(14-19)11-13-16/h10-14,17H,2-9H2,1H3,(H,20,21). The maximum atomic E-state index is 11.4. The molecule has 1 aromatic carbocycles. The Bertz CT molecular complexity index is 423. The first kappa shape index (κ1) is 17.4. The predicted octanol–water partition coefficient (Wildman–Crippen LogP) is 4.81. The van der Waals surface area contributed by atoms with E-state index in [9.17, 15) is 14.7 Å². The zero-order valence-electron chi connectivity index (χ0n) is 12.9. The summed E-state index contributed by atoms with van der Waals surface area (Å²) in [7, 11) is 0. The highest BCUT2D eigenvalue weighted by molar-refractivity contribution is 5.78. The third-order valence-electron chi connectivity index (χ3n) is 3.87. The quantitative estimate of drug-likeness (QED) is 0.470. The van der Waals surface area contributed by atoms with Crippen LogP contribution in [0.5, 0.6) is 0 Å². The van der Waals surface area contributed by atoms with Gasteiger partial charge in [-0.15, -0.1) is 0 Å². The number of carbonyl (C=O) groups excluding carboxylic acids is 1. The van der Waals surface area contributed by atoms with Gasteiger partial charge in [0.25, 0.3) is 0 Å². The van der Waals surface area contributed by atoms with E-state index in [2.05, 4.69) is 6.92 Å². The number of unbranched alkanes of at least 4 members (excludes halogenated alkanes) is 6. The lowest BCUT2D eigenvalue weighted by molar-refractivity contribution is -0.139. The zero-order chi connectivity index (χ0) is 15.5. The van der Waals surface area contributed by atoms with E-state index >= 15 is 0 Å². The largest absolute Gasteiger partial charge is 0.481 e. The van der Waals surface area contributed by atoms with Crippen LogP contribution >= 0.6 is 0 Å². The molecule has 0 fully saturated rings. The average Bonchev–Trinajstić information content (AvgIpc) is 2.50. The number of carboxylic acid groups (broad SMARTS) is 1. The van der Waals surface area contributed by atoms with Crippen molar-refractivity contribution in [3.05, 3.63) is 35.4 Å². The summed E-state index contributed by atoms with van der Waals surface area (Å²) in [6.07, 6.45) is 9.75. The molecule has 1 unspecified atom stereocenters. The molecule has 0 saturated heterocycles. The maximum absolute atomic E-state index is 11.4. The maximum Gasteiger partial charge on any atom is 0.310 e. The Labute approximate surface area is 127 Å². The number of carbonyl (C=O) groups is 2. The van der Waals surface area contributed by atoms with E-state index in [1.807, 2.05) is 0 Å². The van der Waals surface area contributed by atoms with E-state index in [1.54, 1.807) is 24.3 Å². The molecule has 0 spiro atoms. The predicted molar refractivity (Wildman–Crippen MR) is 84.8 cm³/mol. The molecule has 0 heterocycles. The minimum Gasteiger partial charge on any atom is -0.481 e. The minimum absolute atomic E-state index is 0.457. The van der Waals surface area contributed by atoms with Crippen molar-refractivity contribution in [2.75, 3.05) is 0 Å². The van der Waals surface area contributed by atoms with Gasteiger partial charge in [0.2, 0.25) is 0 Å². The van der Waals surface area contributed by atoms with Crippen LogP contribution in [0.3, 0.4) is 0 Å². The van der Waals surface area contributed by atoms with Crippen molar-refractivity contribution in [3.8, 4) is 0 Å². The number of aliphatic carboxylic acids is 1. The molecular formula is C18H26O3. The van der Waals surface area contributed by atoms with Gasteiger partial charge in [0, 0.05) is 5.56 Å². The summed E-state index contributed by atoms with van der Waals surface area (Å²) in [6, 6.07) is 6.87. The fourth-order valence-electron chi connectivity index (χ4n) is 2.55. The average molecular weight is 290 g/mol. The normalized spacial score (nSPS) is 12.0. The molecule has 0 aliphatic carbocycles. The van der Waals surface area contributed by atoms with E-state index in [1.165, 1.54) is 32.1 Å². The highest BCUT2D eigenvalue weighted by Crippen LogP contribution is 2.23. The first-order valence-electron chi connectivity index (χ1n) is 7.97. The summed E-state index contributed by atoms with van der Waals surface area (Å²) >= 11 is 0. The van der Waals surface area contributed by atoms with Crippen LogP contribution < -0.4 is 0 Å². The van der Waals surface area contributed by atoms with E-state index in [-0.39, 0.29) is 0 Å². The van der Waals surface area contributed by atoms with Crippen molar-refractivity contribution in [1.82, 2.24) is 0 Å². The second-order valence-corrected chi connectivity index (χ2v) is 5.59. The van der Waals surface area contributed by atoms with Crippen LogP contribution in [-0.2, 0) is 4.79 Å². The van der Waals surface area contributed by atoms with Crippen LogP contribution in [0.15, 0.2) is 24.3 Å². The molecule has 0 aromatic heterocycles. The van der Waals surface area contributed by atoms with Crippen LogP contribution in [0.2, 0.25) is 0 Å². The van der Waals surface area contributed by atoms with Crippen LogP contribution in [0.25, 0.3) is 0 Å². The number of benzene rings is 1. The van der Waals surface area contributed by atoms with Crippen LogP contribution in [0.1, 0.15) is 80.1 Å². The molecule has 0 bridgehead atoms. The first-order valence-corrected chi connectivity index (χ1v) is 7.97. The smallest absolute Gasteiger partial charge is 0.310 e. The molecule has 1 aromatic rings. The van der Waals surface area contributed by atoms with Crippen LogP contribution in [0, 0.1) is 0 Å². The van der Waals surface area contributed by atoms with Crippen LogP contribution in [0.4, 0.5) is 0 Å². The second-order valence-electron chi connectivity index (χ2n) is 5.59. The van der Waals surface area contributed by atoms with Crippen LogP contribution in [-0.4, -0.2) is 17.4 Å². The molecule has 3 heteroatoms. The number of hydrogen-bond donors (Lipinski definition) is 1. The van der Waals surface area contributed by atoms with Gasteiger partial charge in [-0.2, -0.15) is 0 Å². The number of rotatable bonds is 11. The van der Waals surface area contributed by atoms with Gasteiger partial charge in [-0.25, -0.2) is 0 Å². The molecule has 0 aliphatic heterocycles. The van der Waals surface area contributed by atoms with Crippen molar-refractivity contribution < 1.29 is 14.7 Å². The Morgan fingerprint density at radius 2 is 1.62 bits per heavy atom. The van der Waals surface area contributed by atoms with Gasteiger partial charge < -0.3 is 5.11 Å². The van der Waals surface area contributed by atoms with Gasteiger partial charge in [-0.05, 0) is 12.0 Å². The van der Waals surface area contributed by atoms with Gasteiger partial charge in [-0.3, -0.25) is 9.59 Å². The Kier molecular flexibility index (Phi) is 8.41. The van der Waals surface area contributed by atoms with E-state index < -0.39 is 11.9 Å². The molecule has 3 nitrogen and oxygen atoms in total. The summed E-state index contributed by atoms with van der Waals surface area (Å²) in [4.78, 5) is 22.0. The lowest BCUT2D eigenvalue weighted by Gasteiger charge is -2.12. The van der Waals surface area contributed by atoms with Crippen molar-refractivity contribution in [1.29, 1.82) is 0 Å². The second kappa shape index (κ2) is 10.1. The molecule has 0 amide bonds. The van der Waals surface area contributed by atoms with Gasteiger partial charge in [0.05, 0.1) is 5.92 Å². The summed E-state index contributed by atoms with van der Waals surface area (Å²) in [5.74, 6) is -1.24. The minimum atomic E-state index is -0.778.